The molecule has 2 heterocycles. The Bertz CT molecular complexity index is 288. The Labute approximate surface area is 77.9 Å². The molecule has 1 aliphatic heterocycles. The maximum absolute atomic E-state index is 4.09. The first-order valence-corrected chi connectivity index (χ1v) is 4.53. The summed E-state index contributed by atoms with van der Waals surface area (Å²) in [6.07, 6.45) is 6.37. The molecule has 0 aliphatic carbocycles. The van der Waals surface area contributed by atoms with Gasteiger partial charge in [-0.3, -0.25) is 0 Å². The summed E-state index contributed by atoms with van der Waals surface area (Å²) in [7, 11) is 0. The third-order valence-electron chi connectivity index (χ3n) is 2.48. The van der Waals surface area contributed by atoms with Crippen LogP contribution in [-0.4, -0.2) is 23.1 Å². The zero-order valence-electron chi connectivity index (χ0n) is 7.53. The maximum Gasteiger partial charge on any atom is 0.115 e. The molecule has 68 valence electrons. The van der Waals surface area contributed by atoms with Crippen LogP contribution in [-0.2, 0) is 0 Å². The number of nitrogens with zero attached hydrogens (tertiary/aromatic N) is 2. The fourth-order valence-electron chi connectivity index (χ4n) is 1.65. The van der Waals surface area contributed by atoms with E-state index in [1.165, 1.54) is 6.42 Å². The highest BCUT2D eigenvalue weighted by atomic mass is 14.9. The number of rotatable bonds is 2. The van der Waals surface area contributed by atoms with E-state index in [1.807, 2.05) is 12.4 Å². The van der Waals surface area contributed by atoms with Gasteiger partial charge in [-0.05, 0) is 24.5 Å². The Morgan fingerprint density at radius 3 is 2.85 bits per heavy atom. The maximum atomic E-state index is 4.09. The first kappa shape index (κ1) is 8.38. The number of hydrogen-bond donors (Lipinski definition) is 1. The van der Waals surface area contributed by atoms with E-state index in [-0.39, 0.29) is 0 Å². The van der Waals surface area contributed by atoms with Crippen molar-refractivity contribution in [2.45, 2.75) is 6.42 Å². The van der Waals surface area contributed by atoms with Gasteiger partial charge in [0.25, 0.3) is 0 Å². The average molecular weight is 175 g/mol. The summed E-state index contributed by atoms with van der Waals surface area (Å²) in [6.45, 7) is 6.22. The predicted molar refractivity (Wildman–Crippen MR) is 52.0 cm³/mol. The van der Waals surface area contributed by atoms with Crippen molar-refractivity contribution in [3.8, 4) is 0 Å². The highest BCUT2D eigenvalue weighted by molar-refractivity contribution is 5.64. The zero-order valence-corrected chi connectivity index (χ0v) is 7.53. The van der Waals surface area contributed by atoms with Gasteiger partial charge in [0.2, 0.25) is 0 Å². The van der Waals surface area contributed by atoms with Gasteiger partial charge in [0.15, 0.2) is 0 Å². The lowest BCUT2D eigenvalue weighted by Gasteiger charge is -2.10. The molecule has 3 nitrogen and oxygen atoms in total. The monoisotopic (exact) mass is 175 g/mol. The van der Waals surface area contributed by atoms with Gasteiger partial charge in [0.05, 0.1) is 0 Å². The highest BCUT2D eigenvalue weighted by Crippen LogP contribution is 2.24. The molecule has 0 aromatic carbocycles. The van der Waals surface area contributed by atoms with Crippen LogP contribution in [0.2, 0.25) is 0 Å². The molecule has 1 aliphatic rings. The Kier molecular flexibility index (Phi) is 2.36. The van der Waals surface area contributed by atoms with Crippen molar-refractivity contribution in [1.29, 1.82) is 0 Å². The third kappa shape index (κ3) is 1.75. The fraction of sp³-hybridized carbons (Fsp3) is 0.400. The average Bonchev–Trinajstić information content (AvgIpc) is 2.71. The van der Waals surface area contributed by atoms with Gasteiger partial charge in [-0.1, -0.05) is 6.58 Å². The van der Waals surface area contributed by atoms with Gasteiger partial charge in [-0.15, -0.1) is 0 Å². The van der Waals surface area contributed by atoms with Gasteiger partial charge < -0.3 is 5.32 Å². The van der Waals surface area contributed by atoms with Crippen LogP contribution >= 0.6 is 0 Å². The number of hydrogen-bond acceptors (Lipinski definition) is 3. The molecule has 0 bridgehead atoms. The minimum Gasteiger partial charge on any atom is -0.316 e. The largest absolute Gasteiger partial charge is 0.316 e. The van der Waals surface area contributed by atoms with Crippen LogP contribution in [0.3, 0.4) is 0 Å². The molecule has 1 fully saturated rings. The van der Waals surface area contributed by atoms with Gasteiger partial charge in [-0.2, -0.15) is 0 Å². The highest BCUT2D eigenvalue weighted by Gasteiger charge is 2.18. The van der Waals surface area contributed by atoms with Crippen molar-refractivity contribution >= 4 is 5.57 Å². The molecule has 0 amide bonds. The quantitative estimate of drug-likeness (QED) is 0.731. The molecule has 1 aromatic heterocycles. The van der Waals surface area contributed by atoms with Crippen LogP contribution in [0.5, 0.6) is 0 Å². The smallest absolute Gasteiger partial charge is 0.115 e. The summed E-state index contributed by atoms with van der Waals surface area (Å²) >= 11 is 0. The Morgan fingerprint density at radius 2 is 2.23 bits per heavy atom. The molecule has 0 radical (unpaired) electrons. The van der Waals surface area contributed by atoms with Crippen molar-refractivity contribution in [2.24, 2.45) is 5.92 Å². The van der Waals surface area contributed by atoms with E-state index in [4.69, 9.17) is 0 Å². The third-order valence-corrected chi connectivity index (χ3v) is 2.48. The van der Waals surface area contributed by atoms with Crippen LogP contribution in [0.1, 0.15) is 12.0 Å². The summed E-state index contributed by atoms with van der Waals surface area (Å²) in [5, 5.41) is 3.32. The number of nitrogens with one attached hydrogen (secondary N) is 1. The second-order valence-corrected chi connectivity index (χ2v) is 3.34. The van der Waals surface area contributed by atoms with E-state index in [9.17, 15) is 0 Å². The van der Waals surface area contributed by atoms with E-state index in [0.29, 0.717) is 5.92 Å². The first-order chi connectivity index (χ1) is 6.38. The van der Waals surface area contributed by atoms with Crippen LogP contribution in [0.25, 0.3) is 5.57 Å². The van der Waals surface area contributed by atoms with Crippen LogP contribution in [0.15, 0.2) is 25.3 Å². The van der Waals surface area contributed by atoms with Crippen LogP contribution in [0, 0.1) is 5.92 Å². The Hall–Kier alpha value is -1.22. The normalized spacial score (nSPS) is 21.7. The van der Waals surface area contributed by atoms with Crippen LogP contribution < -0.4 is 5.32 Å². The molecule has 3 heteroatoms. The summed E-state index contributed by atoms with van der Waals surface area (Å²) in [6, 6.07) is 0. The Balaban J connectivity index is 2.13. The summed E-state index contributed by atoms with van der Waals surface area (Å²) in [5.41, 5.74) is 2.22. The van der Waals surface area contributed by atoms with Gasteiger partial charge in [0.1, 0.15) is 6.33 Å². The number of aromatic nitrogens is 2. The van der Waals surface area contributed by atoms with Gasteiger partial charge >= 0.3 is 0 Å². The standard InChI is InChI=1S/C10H13N3/c1-8(9-2-3-11-4-9)10-5-12-7-13-6-10/h5-7,9,11H,1-4H2. The molecule has 13 heavy (non-hydrogen) atoms. The molecule has 1 atom stereocenters. The molecule has 1 N–H and O–H groups in total. The zero-order chi connectivity index (χ0) is 9.10. The van der Waals surface area contributed by atoms with E-state index >= 15 is 0 Å². The summed E-state index contributed by atoms with van der Waals surface area (Å²) in [5.74, 6) is 0.561. The Morgan fingerprint density at radius 1 is 1.46 bits per heavy atom. The lowest BCUT2D eigenvalue weighted by atomic mass is 9.95. The van der Waals surface area contributed by atoms with Crippen LogP contribution in [0.4, 0.5) is 0 Å². The molecule has 2 rings (SSSR count). The van der Waals surface area contributed by atoms with E-state index in [2.05, 4.69) is 21.9 Å². The van der Waals surface area contributed by atoms with Crippen molar-refractivity contribution < 1.29 is 0 Å². The summed E-state index contributed by atoms with van der Waals surface area (Å²) in [4.78, 5) is 7.97. The summed E-state index contributed by atoms with van der Waals surface area (Å²) < 4.78 is 0. The minimum absolute atomic E-state index is 0.561. The van der Waals surface area contributed by atoms with Crippen molar-refractivity contribution in [3.63, 3.8) is 0 Å². The van der Waals surface area contributed by atoms with E-state index in [0.717, 1.165) is 24.2 Å². The minimum atomic E-state index is 0.561. The predicted octanol–water partition coefficient (Wildman–Crippen LogP) is 1.10. The second kappa shape index (κ2) is 3.66. The molecular formula is C10H13N3. The lowest BCUT2D eigenvalue weighted by molar-refractivity contribution is 0.748. The molecule has 1 unspecified atom stereocenters. The molecular weight excluding hydrogens is 162 g/mol. The van der Waals surface area contributed by atoms with Crippen molar-refractivity contribution in [2.75, 3.05) is 13.1 Å². The lowest BCUT2D eigenvalue weighted by Crippen LogP contribution is -2.09. The fourth-order valence-corrected chi connectivity index (χ4v) is 1.65. The van der Waals surface area contributed by atoms with Gasteiger partial charge in [0, 0.05) is 24.5 Å². The molecule has 1 aromatic rings. The van der Waals surface area contributed by atoms with Gasteiger partial charge in [-0.25, -0.2) is 9.97 Å². The van der Waals surface area contributed by atoms with E-state index in [1.54, 1.807) is 6.33 Å². The van der Waals surface area contributed by atoms with Crippen molar-refractivity contribution in [1.82, 2.24) is 15.3 Å². The first-order valence-electron chi connectivity index (χ1n) is 4.53. The SMILES string of the molecule is C=C(c1cncnc1)C1CCNC1. The topological polar surface area (TPSA) is 37.8 Å². The molecule has 0 saturated carbocycles. The molecule has 0 spiro atoms. The van der Waals surface area contributed by atoms with E-state index < -0.39 is 0 Å². The van der Waals surface area contributed by atoms with Crippen molar-refractivity contribution in [3.05, 3.63) is 30.9 Å². The molecule has 1 saturated heterocycles. The second-order valence-electron chi connectivity index (χ2n) is 3.34.